The minimum Gasteiger partial charge on any atom is -0.381 e. The van der Waals surface area contributed by atoms with Gasteiger partial charge in [0, 0.05) is 50.1 Å². The normalized spacial score (nSPS) is 22.9. The molecule has 0 unspecified atom stereocenters. The van der Waals surface area contributed by atoms with Crippen molar-refractivity contribution in [3.8, 4) is 0 Å². The molecule has 0 amide bonds. The largest absolute Gasteiger partial charge is 0.381 e. The summed E-state index contributed by atoms with van der Waals surface area (Å²) in [6, 6.07) is 0. The second-order valence-electron chi connectivity index (χ2n) is 4.21. The van der Waals surface area contributed by atoms with Crippen molar-refractivity contribution in [1.29, 1.82) is 0 Å². The number of rotatable bonds is 0. The van der Waals surface area contributed by atoms with Gasteiger partial charge >= 0.3 is 0 Å². The molecule has 1 nitrogen and oxygen atoms in total. The zero-order chi connectivity index (χ0) is 14.1. The van der Waals surface area contributed by atoms with Gasteiger partial charge in [-0.25, -0.2) is 0 Å². The second kappa shape index (κ2) is 19.2. The van der Waals surface area contributed by atoms with Crippen LogP contribution in [0.3, 0.4) is 0 Å². The third-order valence-electron chi connectivity index (χ3n) is 2.49. The van der Waals surface area contributed by atoms with Crippen LogP contribution in [0.5, 0.6) is 0 Å². The minimum atomic E-state index is 0. The first-order valence-electron chi connectivity index (χ1n) is 7.08. The maximum absolute atomic E-state index is 4.94. The van der Waals surface area contributed by atoms with E-state index in [0.717, 1.165) is 13.2 Å². The fourth-order valence-corrected chi connectivity index (χ4v) is 1.47. The summed E-state index contributed by atoms with van der Waals surface area (Å²) in [5.74, 6) is 0. The van der Waals surface area contributed by atoms with Crippen molar-refractivity contribution in [3.05, 3.63) is 96.3 Å². The molecule has 4 fully saturated rings. The Bertz CT molecular complexity index is 98.0. The van der Waals surface area contributed by atoms with Crippen molar-refractivity contribution in [2.75, 3.05) is 13.2 Å². The van der Waals surface area contributed by atoms with E-state index in [1.54, 1.807) is 0 Å². The standard InChI is InChI=1S/3C5H5.C4H8O.Lu/c4*1-2-4-5-3-1;/h3*1-5H;1-4H2;. The van der Waals surface area contributed by atoms with Crippen LogP contribution in [0, 0.1) is 133 Å². The van der Waals surface area contributed by atoms with E-state index in [2.05, 4.69) is 0 Å². The summed E-state index contributed by atoms with van der Waals surface area (Å²) in [5, 5.41) is 0. The van der Waals surface area contributed by atoms with Gasteiger partial charge in [-0.3, -0.25) is 0 Å². The van der Waals surface area contributed by atoms with E-state index < -0.39 is 0 Å². The first-order valence-corrected chi connectivity index (χ1v) is 7.08. The van der Waals surface area contributed by atoms with E-state index in [4.69, 9.17) is 4.74 Å². The van der Waals surface area contributed by atoms with E-state index in [9.17, 15) is 0 Å². The first-order chi connectivity index (χ1) is 10.0. The van der Waals surface area contributed by atoms with Crippen molar-refractivity contribution >= 4 is 0 Å². The molecule has 0 aromatic heterocycles. The van der Waals surface area contributed by atoms with Gasteiger partial charge in [0.1, 0.15) is 0 Å². The summed E-state index contributed by atoms with van der Waals surface area (Å²) < 4.78 is 4.94. The van der Waals surface area contributed by atoms with Gasteiger partial charge in [0.2, 0.25) is 0 Å². The average Bonchev–Trinajstić information content (AvgIpc) is 3.40. The summed E-state index contributed by atoms with van der Waals surface area (Å²) in [5.41, 5.74) is 0. The third kappa shape index (κ3) is 17.4. The van der Waals surface area contributed by atoms with E-state index >= 15 is 0 Å². The van der Waals surface area contributed by atoms with Gasteiger partial charge in [-0.15, -0.1) is 0 Å². The molecule has 0 spiro atoms. The minimum absolute atomic E-state index is 0. The van der Waals surface area contributed by atoms with Gasteiger partial charge in [0.15, 0.2) is 0 Å². The smallest absolute Gasteiger partial charge is 0.0466 e. The monoisotopic (exact) mass is 442 g/mol. The molecular formula is C19H23LuO. The zero-order valence-electron chi connectivity index (χ0n) is 12.2. The quantitative estimate of drug-likeness (QED) is 0.554. The summed E-state index contributed by atoms with van der Waals surface area (Å²) >= 11 is 0. The van der Waals surface area contributed by atoms with Crippen molar-refractivity contribution in [3.63, 3.8) is 0 Å². The molecule has 1 aliphatic heterocycles. The summed E-state index contributed by atoms with van der Waals surface area (Å²) in [4.78, 5) is 0. The average molecular weight is 442 g/mol. The Labute approximate surface area is 163 Å². The molecule has 0 bridgehead atoms. The van der Waals surface area contributed by atoms with Gasteiger partial charge in [-0.1, -0.05) is 0 Å². The Hall–Kier alpha value is 1.19. The zero-order valence-corrected chi connectivity index (χ0v) is 13.8. The molecule has 120 valence electrons. The molecule has 2 heteroatoms. The molecule has 21 heavy (non-hydrogen) atoms. The van der Waals surface area contributed by atoms with E-state index in [-0.39, 0.29) is 36.9 Å². The topological polar surface area (TPSA) is 9.23 Å². The van der Waals surface area contributed by atoms with Gasteiger partial charge < -0.3 is 4.74 Å². The molecule has 4 aliphatic rings. The fourth-order valence-electron chi connectivity index (χ4n) is 1.47. The Morgan fingerprint density at radius 3 is 0.667 bits per heavy atom. The molecular weight excluding hydrogens is 419 g/mol. The van der Waals surface area contributed by atoms with Crippen molar-refractivity contribution in [1.82, 2.24) is 0 Å². The first kappa shape index (κ1) is 22.2. The van der Waals surface area contributed by atoms with Gasteiger partial charge in [0.05, 0.1) is 0 Å². The summed E-state index contributed by atoms with van der Waals surface area (Å²) in [7, 11) is 0. The van der Waals surface area contributed by atoms with Crippen LogP contribution in [0.15, 0.2) is 0 Å². The third-order valence-corrected chi connectivity index (χ3v) is 2.49. The predicted molar refractivity (Wildman–Crippen MR) is 84.6 cm³/mol. The van der Waals surface area contributed by atoms with Crippen LogP contribution in [-0.4, -0.2) is 13.2 Å². The Morgan fingerprint density at radius 1 is 0.381 bits per heavy atom. The van der Waals surface area contributed by atoms with Gasteiger partial charge in [0.25, 0.3) is 0 Å². The Balaban J connectivity index is 0.000000250. The molecule has 16 radical (unpaired) electrons. The molecule has 1 heterocycles. The number of hydrogen-bond acceptors (Lipinski definition) is 1. The maximum Gasteiger partial charge on any atom is 0.0466 e. The van der Waals surface area contributed by atoms with Crippen LogP contribution in [0.1, 0.15) is 12.8 Å². The van der Waals surface area contributed by atoms with Crippen LogP contribution in [0.4, 0.5) is 0 Å². The molecule has 3 aliphatic carbocycles. The molecule has 1 saturated heterocycles. The number of hydrogen-bond donors (Lipinski definition) is 0. The molecule has 0 atom stereocenters. The predicted octanol–water partition coefficient (Wildman–Crippen LogP) is 3.86. The van der Waals surface area contributed by atoms with Gasteiger partial charge in [-0.05, 0) is 109 Å². The molecule has 0 aromatic carbocycles. The molecule has 3 saturated carbocycles. The number of ether oxygens (including phenoxy) is 1. The van der Waals surface area contributed by atoms with Gasteiger partial charge in [-0.2, -0.15) is 0 Å². The van der Waals surface area contributed by atoms with Crippen LogP contribution >= 0.6 is 0 Å². The van der Waals surface area contributed by atoms with Crippen LogP contribution in [0.2, 0.25) is 0 Å². The summed E-state index contributed by atoms with van der Waals surface area (Å²) in [6.45, 7) is 2.00. The maximum atomic E-state index is 4.94. The van der Waals surface area contributed by atoms with Crippen molar-refractivity contribution in [2.24, 2.45) is 0 Å². The van der Waals surface area contributed by atoms with Crippen LogP contribution in [0.25, 0.3) is 0 Å². The molecule has 4 rings (SSSR count). The van der Waals surface area contributed by atoms with E-state index in [0.29, 0.717) is 0 Å². The molecule has 0 aromatic rings. The SMILES string of the molecule is C1CCOC1.[CH]1[CH][CH][CH][CH]1.[CH]1[CH][CH][CH][CH]1.[CH]1[CH][CH][CH][CH]1.[Lu]. The summed E-state index contributed by atoms with van der Waals surface area (Å²) in [6.07, 6.45) is 32.6. The van der Waals surface area contributed by atoms with Crippen molar-refractivity contribution < 1.29 is 41.6 Å². The Morgan fingerprint density at radius 2 is 0.571 bits per heavy atom. The molecule has 0 N–H and O–H groups in total. The van der Waals surface area contributed by atoms with E-state index in [1.165, 1.54) is 12.8 Å². The van der Waals surface area contributed by atoms with Crippen molar-refractivity contribution in [2.45, 2.75) is 12.8 Å². The fraction of sp³-hybridized carbons (Fsp3) is 0.211. The van der Waals surface area contributed by atoms with Crippen LogP contribution < -0.4 is 0 Å². The Kier molecular flexibility index (Phi) is 20.3. The second-order valence-corrected chi connectivity index (χ2v) is 4.21. The van der Waals surface area contributed by atoms with Crippen LogP contribution in [-0.2, 0) is 4.74 Å². The van der Waals surface area contributed by atoms with E-state index in [1.807, 2.05) is 96.3 Å².